The van der Waals surface area contributed by atoms with Gasteiger partial charge in [-0.15, -0.1) is 0 Å². The Hall–Kier alpha value is -2.57. The lowest BCUT2D eigenvalue weighted by molar-refractivity contribution is -0.132. The number of amides is 2. The molecular formula is C19H26N4O3. The number of benzene rings is 1. The average Bonchev–Trinajstić information content (AvgIpc) is 2.97. The molecule has 7 nitrogen and oxygen atoms in total. The van der Waals surface area contributed by atoms with Crippen molar-refractivity contribution in [1.29, 1.82) is 0 Å². The molecule has 1 fully saturated rings. The number of ether oxygens (including phenoxy) is 1. The van der Waals surface area contributed by atoms with Gasteiger partial charge in [0.25, 0.3) is 0 Å². The van der Waals surface area contributed by atoms with Crippen molar-refractivity contribution >= 4 is 23.0 Å². The minimum atomic E-state index is -0.335. The van der Waals surface area contributed by atoms with Crippen molar-refractivity contribution < 1.29 is 14.3 Å². The zero-order chi connectivity index (χ0) is 18.8. The molecule has 0 saturated carbocycles. The van der Waals surface area contributed by atoms with Crippen molar-refractivity contribution in [1.82, 2.24) is 19.4 Å². The fourth-order valence-electron chi connectivity index (χ4n) is 3.44. The SMILES string of the molecule is COC(=O)N1CCN(C(=O)Cc2ccc3c(c2)nc(C(C)C)n3C)CC1. The largest absolute Gasteiger partial charge is 0.453 e. The maximum atomic E-state index is 12.6. The van der Waals surface area contributed by atoms with Crippen LogP contribution in [0.2, 0.25) is 0 Å². The minimum Gasteiger partial charge on any atom is -0.453 e. The van der Waals surface area contributed by atoms with E-state index in [0.717, 1.165) is 22.4 Å². The molecule has 0 unspecified atom stereocenters. The molecule has 2 heterocycles. The summed E-state index contributed by atoms with van der Waals surface area (Å²) in [5, 5.41) is 0. The standard InChI is InChI=1S/C19H26N4O3/c1-13(2)18-20-15-11-14(5-6-16(15)21(18)3)12-17(24)22-7-9-23(10-8-22)19(25)26-4/h5-6,11,13H,7-10,12H2,1-4H3. The topological polar surface area (TPSA) is 67.7 Å². The molecular weight excluding hydrogens is 332 g/mol. The van der Waals surface area contributed by atoms with Crippen LogP contribution in [0.1, 0.15) is 31.2 Å². The van der Waals surface area contributed by atoms with Gasteiger partial charge in [-0.2, -0.15) is 0 Å². The van der Waals surface area contributed by atoms with Crippen LogP contribution in [0, 0.1) is 0 Å². The summed E-state index contributed by atoms with van der Waals surface area (Å²) in [5.74, 6) is 1.47. The Morgan fingerprint density at radius 1 is 1.15 bits per heavy atom. The summed E-state index contributed by atoms with van der Waals surface area (Å²) in [7, 11) is 3.40. The second kappa shape index (κ2) is 7.35. The third-order valence-corrected chi connectivity index (χ3v) is 4.92. The lowest BCUT2D eigenvalue weighted by Crippen LogP contribution is -2.50. The number of aromatic nitrogens is 2. The van der Waals surface area contributed by atoms with Crippen molar-refractivity contribution in [3.8, 4) is 0 Å². The first kappa shape index (κ1) is 18.2. The van der Waals surface area contributed by atoms with Crippen LogP contribution in [-0.2, 0) is 23.0 Å². The number of aryl methyl sites for hydroxylation is 1. The van der Waals surface area contributed by atoms with Gasteiger partial charge in [-0.1, -0.05) is 19.9 Å². The van der Waals surface area contributed by atoms with E-state index in [4.69, 9.17) is 9.72 Å². The Morgan fingerprint density at radius 3 is 2.42 bits per heavy atom. The van der Waals surface area contributed by atoms with Crippen LogP contribution in [-0.4, -0.2) is 64.6 Å². The van der Waals surface area contributed by atoms with Crippen LogP contribution < -0.4 is 0 Å². The van der Waals surface area contributed by atoms with Gasteiger partial charge in [0.15, 0.2) is 0 Å². The molecule has 140 valence electrons. The van der Waals surface area contributed by atoms with E-state index < -0.39 is 0 Å². The summed E-state index contributed by atoms with van der Waals surface area (Å²) in [4.78, 5) is 32.3. The highest BCUT2D eigenvalue weighted by atomic mass is 16.5. The smallest absolute Gasteiger partial charge is 0.409 e. The highest BCUT2D eigenvalue weighted by molar-refractivity contribution is 5.82. The van der Waals surface area contributed by atoms with Gasteiger partial charge in [-0.25, -0.2) is 9.78 Å². The van der Waals surface area contributed by atoms with Gasteiger partial charge in [0.05, 0.1) is 24.6 Å². The van der Waals surface area contributed by atoms with E-state index in [1.165, 1.54) is 7.11 Å². The highest BCUT2D eigenvalue weighted by Gasteiger charge is 2.24. The van der Waals surface area contributed by atoms with Gasteiger partial charge in [0.1, 0.15) is 5.82 Å². The first-order chi connectivity index (χ1) is 12.4. The summed E-state index contributed by atoms with van der Waals surface area (Å²) in [6, 6.07) is 6.03. The van der Waals surface area contributed by atoms with Crippen molar-refractivity contribution in [3.05, 3.63) is 29.6 Å². The molecule has 1 aliphatic rings. The Labute approximate surface area is 153 Å². The number of fused-ring (bicyclic) bond motifs is 1. The van der Waals surface area contributed by atoms with Gasteiger partial charge < -0.3 is 19.1 Å². The molecule has 1 aromatic heterocycles. The summed E-state index contributed by atoms with van der Waals surface area (Å²) in [5.41, 5.74) is 2.97. The van der Waals surface area contributed by atoms with Crippen LogP contribution in [0.15, 0.2) is 18.2 Å². The summed E-state index contributed by atoms with van der Waals surface area (Å²) < 4.78 is 6.83. The van der Waals surface area contributed by atoms with Gasteiger partial charge in [-0.05, 0) is 17.7 Å². The number of carbonyl (C=O) groups excluding carboxylic acids is 2. The number of hydrogen-bond donors (Lipinski definition) is 0. The molecule has 0 atom stereocenters. The number of hydrogen-bond acceptors (Lipinski definition) is 4. The van der Waals surface area contributed by atoms with E-state index in [-0.39, 0.29) is 12.0 Å². The van der Waals surface area contributed by atoms with Crippen LogP contribution in [0.5, 0.6) is 0 Å². The van der Waals surface area contributed by atoms with Crippen LogP contribution in [0.25, 0.3) is 11.0 Å². The van der Waals surface area contributed by atoms with Crippen LogP contribution in [0.3, 0.4) is 0 Å². The van der Waals surface area contributed by atoms with E-state index in [1.807, 2.05) is 30.1 Å². The number of piperazine rings is 1. The van der Waals surface area contributed by atoms with Gasteiger partial charge in [0, 0.05) is 39.1 Å². The predicted molar refractivity (Wildman–Crippen MR) is 99.1 cm³/mol. The zero-order valence-electron chi connectivity index (χ0n) is 15.9. The second-order valence-corrected chi connectivity index (χ2v) is 7.02. The first-order valence-corrected chi connectivity index (χ1v) is 8.96. The van der Waals surface area contributed by atoms with E-state index >= 15 is 0 Å². The third kappa shape index (κ3) is 3.52. The lowest BCUT2D eigenvalue weighted by atomic mass is 10.1. The van der Waals surface area contributed by atoms with Gasteiger partial charge in [-0.3, -0.25) is 4.79 Å². The molecule has 1 aromatic carbocycles. The molecule has 0 N–H and O–H groups in total. The third-order valence-electron chi connectivity index (χ3n) is 4.92. The van der Waals surface area contributed by atoms with Crippen molar-refractivity contribution in [2.45, 2.75) is 26.2 Å². The normalized spacial score (nSPS) is 15.0. The Kier molecular flexibility index (Phi) is 5.15. The molecule has 7 heteroatoms. The number of nitrogens with zero attached hydrogens (tertiary/aromatic N) is 4. The van der Waals surface area contributed by atoms with E-state index in [1.54, 1.807) is 4.90 Å². The Balaban J connectivity index is 1.67. The molecule has 0 spiro atoms. The van der Waals surface area contributed by atoms with Crippen LogP contribution >= 0.6 is 0 Å². The highest BCUT2D eigenvalue weighted by Crippen LogP contribution is 2.22. The maximum Gasteiger partial charge on any atom is 0.409 e. The summed E-state index contributed by atoms with van der Waals surface area (Å²) in [6.07, 6.45) is 0.0144. The van der Waals surface area contributed by atoms with Gasteiger partial charge in [0.2, 0.25) is 5.91 Å². The molecule has 1 aliphatic heterocycles. The lowest BCUT2D eigenvalue weighted by Gasteiger charge is -2.33. The van der Waals surface area contributed by atoms with E-state index in [9.17, 15) is 9.59 Å². The Morgan fingerprint density at radius 2 is 1.81 bits per heavy atom. The quantitative estimate of drug-likeness (QED) is 0.843. The van der Waals surface area contributed by atoms with Crippen molar-refractivity contribution in [2.75, 3.05) is 33.3 Å². The number of methoxy groups -OCH3 is 1. The number of rotatable bonds is 3. The average molecular weight is 358 g/mol. The fraction of sp³-hybridized carbons (Fsp3) is 0.526. The number of imidazole rings is 1. The fourth-order valence-corrected chi connectivity index (χ4v) is 3.44. The maximum absolute atomic E-state index is 12.6. The zero-order valence-corrected chi connectivity index (χ0v) is 15.9. The summed E-state index contributed by atoms with van der Waals surface area (Å²) >= 11 is 0. The van der Waals surface area contributed by atoms with E-state index in [0.29, 0.717) is 38.5 Å². The van der Waals surface area contributed by atoms with Crippen molar-refractivity contribution in [2.24, 2.45) is 7.05 Å². The Bertz CT molecular complexity index is 820. The molecule has 1 saturated heterocycles. The number of carbonyl (C=O) groups is 2. The molecule has 0 radical (unpaired) electrons. The molecule has 3 rings (SSSR count). The van der Waals surface area contributed by atoms with Crippen molar-refractivity contribution in [3.63, 3.8) is 0 Å². The van der Waals surface area contributed by atoms with Gasteiger partial charge >= 0.3 is 6.09 Å². The molecule has 2 amide bonds. The molecule has 2 aromatic rings. The van der Waals surface area contributed by atoms with E-state index in [2.05, 4.69) is 18.4 Å². The predicted octanol–water partition coefficient (Wildman–Crippen LogP) is 2.15. The second-order valence-electron chi connectivity index (χ2n) is 7.02. The molecule has 0 bridgehead atoms. The minimum absolute atomic E-state index is 0.0777. The monoisotopic (exact) mass is 358 g/mol. The molecule has 0 aliphatic carbocycles. The van der Waals surface area contributed by atoms with Crippen LogP contribution in [0.4, 0.5) is 4.79 Å². The first-order valence-electron chi connectivity index (χ1n) is 8.96. The summed E-state index contributed by atoms with van der Waals surface area (Å²) in [6.45, 7) is 6.35. The molecule has 26 heavy (non-hydrogen) atoms.